The van der Waals surface area contributed by atoms with Crippen LogP contribution >= 0.6 is 0 Å². The first-order valence-corrected chi connectivity index (χ1v) is 12.0. The summed E-state index contributed by atoms with van der Waals surface area (Å²) in [6, 6.07) is 16.0. The van der Waals surface area contributed by atoms with Crippen molar-refractivity contribution in [3.63, 3.8) is 0 Å². The van der Waals surface area contributed by atoms with Crippen LogP contribution in [0.1, 0.15) is 24.6 Å². The van der Waals surface area contributed by atoms with Crippen molar-refractivity contribution in [2.24, 2.45) is 0 Å². The van der Waals surface area contributed by atoms with Crippen molar-refractivity contribution in [2.45, 2.75) is 18.9 Å². The molecule has 8 nitrogen and oxygen atoms in total. The van der Waals surface area contributed by atoms with Gasteiger partial charge in [-0.25, -0.2) is 9.97 Å². The highest BCUT2D eigenvalue weighted by Crippen LogP contribution is 2.31. The highest BCUT2D eigenvalue weighted by Gasteiger charge is 2.29. The summed E-state index contributed by atoms with van der Waals surface area (Å²) >= 11 is 0. The number of carbonyl (C=O) groups excluding carboxylic acids is 1. The highest BCUT2D eigenvalue weighted by atomic mass is 16.2. The third kappa shape index (κ3) is 5.24. The largest absolute Gasteiger partial charge is 0.369 e. The molecule has 1 unspecified atom stereocenters. The summed E-state index contributed by atoms with van der Waals surface area (Å²) in [6.07, 6.45) is 5.55. The van der Waals surface area contributed by atoms with Gasteiger partial charge in [0.2, 0.25) is 5.91 Å². The molecular formula is C26H31N7O. The zero-order valence-corrected chi connectivity index (χ0v) is 19.6. The Morgan fingerprint density at radius 2 is 1.79 bits per heavy atom. The van der Waals surface area contributed by atoms with Crippen molar-refractivity contribution in [2.75, 3.05) is 56.5 Å². The number of likely N-dealkylation sites (N-methyl/N-ethyl adjacent to an activating group) is 1. The minimum Gasteiger partial charge on any atom is -0.369 e. The molecule has 2 saturated heterocycles. The third-order valence-corrected chi connectivity index (χ3v) is 6.64. The van der Waals surface area contributed by atoms with E-state index in [1.807, 2.05) is 36.4 Å². The van der Waals surface area contributed by atoms with Crippen LogP contribution in [0.15, 0.2) is 60.9 Å². The number of hydrogen-bond acceptors (Lipinski definition) is 7. The molecule has 1 amide bonds. The van der Waals surface area contributed by atoms with Gasteiger partial charge >= 0.3 is 0 Å². The normalized spacial score (nSPS) is 19.3. The second-order valence-electron chi connectivity index (χ2n) is 9.03. The second kappa shape index (κ2) is 10.3. The van der Waals surface area contributed by atoms with E-state index in [4.69, 9.17) is 4.98 Å². The molecule has 1 aromatic carbocycles. The molecule has 0 bridgehead atoms. The van der Waals surface area contributed by atoms with Gasteiger partial charge in [0.1, 0.15) is 5.69 Å². The molecule has 8 heteroatoms. The van der Waals surface area contributed by atoms with Crippen LogP contribution in [-0.2, 0) is 4.79 Å². The number of nitrogens with zero attached hydrogens (tertiary/aromatic N) is 6. The van der Waals surface area contributed by atoms with E-state index in [0.29, 0.717) is 12.4 Å². The van der Waals surface area contributed by atoms with E-state index in [0.717, 1.165) is 62.6 Å². The number of piperazine rings is 1. The summed E-state index contributed by atoms with van der Waals surface area (Å²) in [6.45, 7) is 5.43. The van der Waals surface area contributed by atoms with Crippen LogP contribution in [0.4, 0.5) is 11.4 Å². The molecule has 0 spiro atoms. The maximum Gasteiger partial charge on any atom is 0.238 e. The van der Waals surface area contributed by atoms with Gasteiger partial charge in [-0.1, -0.05) is 6.07 Å². The van der Waals surface area contributed by atoms with E-state index in [1.165, 1.54) is 5.69 Å². The lowest BCUT2D eigenvalue weighted by molar-refractivity contribution is -0.117. The van der Waals surface area contributed by atoms with Gasteiger partial charge in [0.15, 0.2) is 5.82 Å². The second-order valence-corrected chi connectivity index (χ2v) is 9.03. The summed E-state index contributed by atoms with van der Waals surface area (Å²) in [5.74, 6) is 0.619. The van der Waals surface area contributed by atoms with Gasteiger partial charge in [-0.3, -0.25) is 14.7 Å². The van der Waals surface area contributed by atoms with E-state index in [2.05, 4.69) is 49.2 Å². The molecule has 0 aliphatic carbocycles. The number of hydrogen-bond donors (Lipinski definition) is 1. The molecule has 1 atom stereocenters. The number of anilines is 2. The summed E-state index contributed by atoms with van der Waals surface area (Å²) in [4.78, 5) is 33.3. The molecular weight excluding hydrogens is 426 g/mol. The average molecular weight is 458 g/mol. The molecule has 4 heterocycles. The maximum absolute atomic E-state index is 12.8. The Labute approximate surface area is 200 Å². The quantitative estimate of drug-likeness (QED) is 0.610. The molecule has 2 aliphatic heterocycles. The van der Waals surface area contributed by atoms with Crippen molar-refractivity contribution in [3.05, 3.63) is 66.6 Å². The lowest BCUT2D eigenvalue weighted by Gasteiger charge is -2.34. The molecule has 3 aromatic rings. The van der Waals surface area contributed by atoms with Gasteiger partial charge in [0, 0.05) is 49.9 Å². The van der Waals surface area contributed by atoms with Gasteiger partial charge < -0.3 is 15.1 Å². The Balaban J connectivity index is 1.20. The minimum atomic E-state index is -0.00162. The summed E-state index contributed by atoms with van der Waals surface area (Å²) < 4.78 is 0. The molecule has 2 aromatic heterocycles. The first kappa shape index (κ1) is 22.4. The fourth-order valence-corrected chi connectivity index (χ4v) is 4.73. The van der Waals surface area contributed by atoms with Crippen LogP contribution in [0.25, 0.3) is 11.5 Å². The van der Waals surface area contributed by atoms with Crippen molar-refractivity contribution >= 4 is 17.3 Å². The van der Waals surface area contributed by atoms with E-state index >= 15 is 0 Å². The van der Waals surface area contributed by atoms with Gasteiger partial charge in [-0.15, -0.1) is 0 Å². The number of pyridine rings is 1. The lowest BCUT2D eigenvalue weighted by atomic mass is 10.1. The molecule has 34 heavy (non-hydrogen) atoms. The standard InChI is InChI=1S/C26H31N7O/c1-31-15-17-32(18-16-31)21-9-7-20(8-10-21)29-25(34)19-33-14-4-6-24(33)22-11-13-28-26(30-22)23-5-2-3-12-27-23/h2-3,5,7-13,24H,4,6,14-19H2,1H3,(H,29,34). The minimum absolute atomic E-state index is 0.00162. The molecule has 1 N–H and O–H groups in total. The Morgan fingerprint density at radius 3 is 2.56 bits per heavy atom. The number of carbonyl (C=O) groups is 1. The first-order valence-electron chi connectivity index (χ1n) is 12.0. The number of amides is 1. The van der Waals surface area contributed by atoms with Crippen LogP contribution in [-0.4, -0.2) is 77.0 Å². The molecule has 2 fully saturated rings. The molecule has 5 rings (SSSR count). The number of aromatic nitrogens is 3. The number of benzene rings is 1. The summed E-state index contributed by atoms with van der Waals surface area (Å²) in [5, 5.41) is 3.07. The van der Waals surface area contributed by atoms with E-state index in [1.54, 1.807) is 12.4 Å². The van der Waals surface area contributed by atoms with E-state index in [9.17, 15) is 4.79 Å². The monoisotopic (exact) mass is 457 g/mol. The maximum atomic E-state index is 12.8. The zero-order valence-electron chi connectivity index (χ0n) is 19.6. The third-order valence-electron chi connectivity index (χ3n) is 6.64. The van der Waals surface area contributed by atoms with Crippen molar-refractivity contribution in [1.29, 1.82) is 0 Å². The van der Waals surface area contributed by atoms with Gasteiger partial charge in [-0.2, -0.15) is 0 Å². The van der Waals surface area contributed by atoms with Crippen LogP contribution in [0, 0.1) is 0 Å². The zero-order chi connectivity index (χ0) is 23.3. The highest BCUT2D eigenvalue weighted by molar-refractivity contribution is 5.92. The summed E-state index contributed by atoms with van der Waals surface area (Å²) in [5.41, 5.74) is 3.74. The van der Waals surface area contributed by atoms with Gasteiger partial charge in [0.25, 0.3) is 0 Å². The smallest absolute Gasteiger partial charge is 0.238 e. The Bertz CT molecular complexity index is 1100. The SMILES string of the molecule is CN1CCN(c2ccc(NC(=O)CN3CCCC3c3ccnc(-c4ccccn4)n3)cc2)CC1. The van der Waals surface area contributed by atoms with Crippen molar-refractivity contribution in [3.8, 4) is 11.5 Å². The molecule has 0 saturated carbocycles. The fraction of sp³-hybridized carbons (Fsp3) is 0.385. The van der Waals surface area contributed by atoms with Crippen LogP contribution < -0.4 is 10.2 Å². The fourth-order valence-electron chi connectivity index (χ4n) is 4.73. The van der Waals surface area contributed by atoms with Gasteiger partial charge in [-0.05, 0) is 68.9 Å². The first-order chi connectivity index (χ1) is 16.7. The summed E-state index contributed by atoms with van der Waals surface area (Å²) in [7, 11) is 2.16. The topological polar surface area (TPSA) is 77.5 Å². The molecule has 2 aliphatic rings. The number of rotatable bonds is 6. The number of likely N-dealkylation sites (tertiary alicyclic amines) is 1. The van der Waals surface area contributed by atoms with Crippen molar-refractivity contribution < 1.29 is 4.79 Å². The van der Waals surface area contributed by atoms with E-state index in [-0.39, 0.29) is 11.9 Å². The van der Waals surface area contributed by atoms with Crippen LogP contribution in [0.5, 0.6) is 0 Å². The van der Waals surface area contributed by atoms with Gasteiger partial charge in [0.05, 0.1) is 18.3 Å². The van der Waals surface area contributed by atoms with Crippen LogP contribution in [0.2, 0.25) is 0 Å². The number of nitrogens with one attached hydrogen (secondary N) is 1. The predicted octanol–water partition coefficient (Wildman–Crippen LogP) is 3.07. The Kier molecular flexibility index (Phi) is 6.78. The Hall–Kier alpha value is -3.36. The molecule has 176 valence electrons. The molecule has 0 radical (unpaired) electrons. The Morgan fingerprint density at radius 1 is 0.971 bits per heavy atom. The van der Waals surface area contributed by atoms with Crippen molar-refractivity contribution in [1.82, 2.24) is 24.8 Å². The van der Waals surface area contributed by atoms with E-state index < -0.39 is 0 Å². The lowest BCUT2D eigenvalue weighted by Crippen LogP contribution is -2.44. The van der Waals surface area contributed by atoms with Crippen LogP contribution in [0.3, 0.4) is 0 Å². The predicted molar refractivity (Wildman–Crippen MR) is 134 cm³/mol. The average Bonchev–Trinajstić information content (AvgIpc) is 3.33.